The number of rotatable bonds is 1. The Morgan fingerprint density at radius 3 is 2.46 bits per heavy atom. The van der Waals surface area contributed by atoms with Crippen LogP contribution in [0.3, 0.4) is 0 Å². The Labute approximate surface area is 137 Å². The summed E-state index contributed by atoms with van der Waals surface area (Å²) in [5.74, 6) is -3.55. The zero-order chi connectivity index (χ0) is 17.5. The predicted molar refractivity (Wildman–Crippen MR) is 73.3 cm³/mol. The van der Waals surface area contributed by atoms with E-state index in [0.717, 1.165) is 0 Å². The highest BCUT2D eigenvalue weighted by molar-refractivity contribution is 5.92. The van der Waals surface area contributed by atoms with Gasteiger partial charge in [0.1, 0.15) is 5.60 Å². The van der Waals surface area contributed by atoms with E-state index in [9.17, 15) is 18.0 Å². The first kappa shape index (κ1) is 16.8. The average Bonchev–Trinajstić information content (AvgIpc) is 2.58. The minimum absolute atomic E-state index is 0.0755. The number of carbonyl (C=O) groups is 1. The van der Waals surface area contributed by atoms with Crippen LogP contribution < -0.4 is 0 Å². The van der Waals surface area contributed by atoms with Gasteiger partial charge in [-0.25, -0.2) is 9.78 Å². The summed E-state index contributed by atoms with van der Waals surface area (Å²) in [6, 6.07) is 0. The lowest BCUT2D eigenvalue weighted by molar-refractivity contribution is -0.541. The number of Topliss-reactive ketones (excluding diaryl/α,β-unsaturated/α-hetero) is 1. The minimum atomic E-state index is -4.98. The molecule has 5 fully saturated rings. The molecular weight excluding hydrogens is 329 g/mol. The van der Waals surface area contributed by atoms with Gasteiger partial charge in [0.15, 0.2) is 11.9 Å². The molecule has 2 bridgehead atoms. The summed E-state index contributed by atoms with van der Waals surface area (Å²) < 4.78 is 51.1. The van der Waals surface area contributed by atoms with Crippen molar-refractivity contribution in [1.29, 1.82) is 0 Å². The summed E-state index contributed by atoms with van der Waals surface area (Å²) in [4.78, 5) is 23.3. The van der Waals surface area contributed by atoms with Crippen LogP contribution in [-0.2, 0) is 24.0 Å². The summed E-state index contributed by atoms with van der Waals surface area (Å²) in [6.45, 7) is 4.95. The Morgan fingerprint density at radius 1 is 1.08 bits per heavy atom. The minimum Gasteiger partial charge on any atom is -0.335 e. The topological polar surface area (TPSA) is 54.0 Å². The number of alkyl halides is 3. The Kier molecular flexibility index (Phi) is 3.29. The molecule has 0 aromatic carbocycles. The molecule has 1 saturated carbocycles. The zero-order valence-corrected chi connectivity index (χ0v) is 13.8. The lowest BCUT2D eigenvalue weighted by Crippen LogP contribution is -2.62. The van der Waals surface area contributed by atoms with Crippen molar-refractivity contribution in [3.05, 3.63) is 0 Å². The molecule has 4 heterocycles. The van der Waals surface area contributed by atoms with E-state index in [0.29, 0.717) is 25.7 Å². The Hall–Kier alpha value is -0.700. The molecule has 8 heteroatoms. The number of hydrogen-bond acceptors (Lipinski definition) is 5. The molecule has 0 amide bonds. The number of ether oxygens (including phenoxy) is 2. The standard InChI is InChI=1S/C16H21F3O5/c1-8-4-5-10-14(3,11(20)16(17,18)19)22-12-15(10)9(8)6-7-13(2,21-12)23-24-15/h8-10,12H,4-7H2,1-3H3/t8-,9+,10+,12+,13-,14-,15-/m1/s1. The normalized spacial score (nSPS) is 53.6. The van der Waals surface area contributed by atoms with E-state index in [1.54, 1.807) is 6.92 Å². The highest BCUT2D eigenvalue weighted by Crippen LogP contribution is 2.63. The van der Waals surface area contributed by atoms with E-state index in [1.807, 2.05) is 0 Å². The first-order valence-corrected chi connectivity index (χ1v) is 8.37. The van der Waals surface area contributed by atoms with Crippen molar-refractivity contribution >= 4 is 5.78 Å². The monoisotopic (exact) mass is 350 g/mol. The van der Waals surface area contributed by atoms with Gasteiger partial charge in [-0.1, -0.05) is 6.92 Å². The molecule has 5 nitrogen and oxygen atoms in total. The number of carbonyl (C=O) groups excluding carboxylic acids is 1. The molecule has 136 valence electrons. The lowest BCUT2D eigenvalue weighted by Gasteiger charge is -2.50. The summed E-state index contributed by atoms with van der Waals surface area (Å²) >= 11 is 0. The number of ketones is 1. The van der Waals surface area contributed by atoms with Crippen LogP contribution in [0.25, 0.3) is 0 Å². The molecule has 1 aliphatic carbocycles. The molecule has 4 aliphatic heterocycles. The second-order valence-corrected chi connectivity index (χ2v) is 7.91. The van der Waals surface area contributed by atoms with Gasteiger partial charge in [0.05, 0.1) is 0 Å². The Morgan fingerprint density at radius 2 is 1.79 bits per heavy atom. The van der Waals surface area contributed by atoms with Gasteiger partial charge in [0, 0.05) is 12.3 Å². The fourth-order valence-electron chi connectivity index (χ4n) is 5.20. The van der Waals surface area contributed by atoms with E-state index in [-0.39, 0.29) is 11.8 Å². The van der Waals surface area contributed by atoms with Crippen LogP contribution in [0, 0.1) is 17.8 Å². The van der Waals surface area contributed by atoms with Crippen molar-refractivity contribution in [3.63, 3.8) is 0 Å². The van der Waals surface area contributed by atoms with Crippen LogP contribution in [-0.4, -0.2) is 35.2 Å². The third-order valence-electron chi connectivity index (χ3n) is 6.44. The second-order valence-electron chi connectivity index (χ2n) is 7.91. The average molecular weight is 350 g/mol. The molecule has 0 aromatic heterocycles. The van der Waals surface area contributed by atoms with Crippen LogP contribution in [0.1, 0.15) is 46.5 Å². The van der Waals surface area contributed by atoms with Crippen LogP contribution >= 0.6 is 0 Å². The first-order chi connectivity index (χ1) is 11.0. The quantitative estimate of drug-likeness (QED) is 0.680. The summed E-state index contributed by atoms with van der Waals surface area (Å²) in [7, 11) is 0. The van der Waals surface area contributed by atoms with Crippen molar-refractivity contribution in [1.82, 2.24) is 0 Å². The maximum Gasteiger partial charge on any atom is 0.453 e. The second kappa shape index (κ2) is 4.72. The molecule has 5 rings (SSSR count). The maximum atomic E-state index is 13.2. The molecule has 0 unspecified atom stereocenters. The van der Waals surface area contributed by atoms with Crippen LogP contribution in [0.2, 0.25) is 0 Å². The van der Waals surface area contributed by atoms with Crippen molar-refractivity contribution in [2.24, 2.45) is 17.8 Å². The molecule has 1 spiro atoms. The van der Waals surface area contributed by atoms with Gasteiger partial charge in [-0.15, -0.1) is 0 Å². The van der Waals surface area contributed by atoms with E-state index >= 15 is 0 Å². The van der Waals surface area contributed by atoms with E-state index in [2.05, 4.69) is 6.92 Å². The fourth-order valence-corrected chi connectivity index (χ4v) is 5.20. The zero-order valence-electron chi connectivity index (χ0n) is 13.8. The summed E-state index contributed by atoms with van der Waals surface area (Å²) in [5, 5.41) is 0. The third kappa shape index (κ3) is 1.94. The summed E-state index contributed by atoms with van der Waals surface area (Å²) in [6.07, 6.45) is -3.63. The van der Waals surface area contributed by atoms with Crippen molar-refractivity contribution < 1.29 is 37.2 Å². The molecule has 7 atom stereocenters. The van der Waals surface area contributed by atoms with Gasteiger partial charge in [-0.3, -0.25) is 4.79 Å². The number of fused-ring (bicyclic) bond motifs is 2. The highest BCUT2D eigenvalue weighted by atomic mass is 19.4. The van der Waals surface area contributed by atoms with Crippen LogP contribution in [0.5, 0.6) is 0 Å². The van der Waals surface area contributed by atoms with E-state index in [1.165, 1.54) is 6.92 Å². The first-order valence-electron chi connectivity index (χ1n) is 8.37. The third-order valence-corrected chi connectivity index (χ3v) is 6.44. The molecule has 0 radical (unpaired) electrons. The van der Waals surface area contributed by atoms with Crippen molar-refractivity contribution in [2.45, 2.75) is 75.9 Å². The number of hydrogen-bond donors (Lipinski definition) is 0. The SMILES string of the molecule is C[C@@H]1CC[C@@H]2[C@]34OO[C@](C)(CC[C@@H]13)O[C@H]4O[C@@]2(C)C(=O)C(F)(F)F. The molecular formula is C16H21F3O5. The van der Waals surface area contributed by atoms with Gasteiger partial charge in [-0.2, -0.15) is 13.2 Å². The Bertz CT molecular complexity index is 581. The van der Waals surface area contributed by atoms with Gasteiger partial charge < -0.3 is 9.47 Å². The van der Waals surface area contributed by atoms with E-state index < -0.39 is 41.2 Å². The van der Waals surface area contributed by atoms with Crippen LogP contribution in [0.4, 0.5) is 13.2 Å². The largest absolute Gasteiger partial charge is 0.453 e. The lowest BCUT2D eigenvalue weighted by atomic mass is 9.59. The molecule has 5 aliphatic rings. The fraction of sp³-hybridized carbons (Fsp3) is 0.938. The van der Waals surface area contributed by atoms with E-state index in [4.69, 9.17) is 19.2 Å². The van der Waals surface area contributed by atoms with Crippen LogP contribution in [0.15, 0.2) is 0 Å². The van der Waals surface area contributed by atoms with Gasteiger partial charge in [-0.05, 0) is 44.9 Å². The van der Waals surface area contributed by atoms with Gasteiger partial charge in [0.2, 0.25) is 5.79 Å². The van der Waals surface area contributed by atoms with Crippen molar-refractivity contribution in [2.75, 3.05) is 0 Å². The highest BCUT2D eigenvalue weighted by Gasteiger charge is 2.77. The molecule has 0 aromatic rings. The number of halogens is 3. The van der Waals surface area contributed by atoms with Gasteiger partial charge >= 0.3 is 6.18 Å². The predicted octanol–water partition coefficient (Wildman–Crippen LogP) is 3.12. The Balaban J connectivity index is 1.82. The summed E-state index contributed by atoms with van der Waals surface area (Å²) in [5.41, 5.74) is -3.18. The van der Waals surface area contributed by atoms with Gasteiger partial charge in [0.25, 0.3) is 5.78 Å². The molecule has 24 heavy (non-hydrogen) atoms. The van der Waals surface area contributed by atoms with Crippen molar-refractivity contribution in [3.8, 4) is 0 Å². The molecule has 0 N–H and O–H groups in total. The maximum absolute atomic E-state index is 13.2. The molecule has 4 saturated heterocycles. The smallest absolute Gasteiger partial charge is 0.335 e.